The minimum Gasteiger partial charge on any atom is -0.0840 e. The molecule has 51 heavy (non-hydrogen) atoms. The molecule has 0 heteroatoms. The highest BCUT2D eigenvalue weighted by Gasteiger charge is 2.24. The smallest absolute Gasteiger partial charge is 0.0146 e. The predicted octanol–water partition coefficient (Wildman–Crippen LogP) is 15.1. The first-order chi connectivity index (χ1) is 24.7. The van der Waals surface area contributed by atoms with Gasteiger partial charge in [0.25, 0.3) is 0 Å². The molecule has 0 atom stereocenters. The Morgan fingerprint density at radius 3 is 1.92 bits per heavy atom. The van der Waals surface area contributed by atoms with Gasteiger partial charge in [0.1, 0.15) is 0 Å². The van der Waals surface area contributed by atoms with Crippen molar-refractivity contribution >= 4 is 23.3 Å². The molecule has 0 unspecified atom stereocenters. The summed E-state index contributed by atoms with van der Waals surface area (Å²) in [6.45, 7) is 18.0. The lowest BCUT2D eigenvalue weighted by Gasteiger charge is -2.28. The summed E-state index contributed by atoms with van der Waals surface area (Å²) in [4.78, 5) is 0. The average Bonchev–Trinajstić information content (AvgIpc) is 3.38. The molecule has 0 saturated heterocycles. The van der Waals surface area contributed by atoms with Crippen LogP contribution in [-0.4, -0.2) is 0 Å². The summed E-state index contributed by atoms with van der Waals surface area (Å²) in [5, 5.41) is 0. The van der Waals surface area contributed by atoms with Gasteiger partial charge >= 0.3 is 0 Å². The van der Waals surface area contributed by atoms with Crippen molar-refractivity contribution in [3.8, 4) is 11.1 Å². The second-order valence-corrected chi connectivity index (χ2v) is 14.5. The second kappa shape index (κ2) is 18.0. The molecule has 0 nitrogen and oxygen atoms in total. The number of fused-ring (bicyclic) bond motifs is 1. The molecule has 0 saturated carbocycles. The van der Waals surface area contributed by atoms with E-state index < -0.39 is 0 Å². The van der Waals surface area contributed by atoms with E-state index in [1.165, 1.54) is 109 Å². The molecule has 262 valence electrons. The lowest BCUT2D eigenvalue weighted by atomic mass is 9.76. The van der Waals surface area contributed by atoms with Gasteiger partial charge in [-0.15, -0.1) is 0 Å². The molecule has 0 spiro atoms. The molecule has 0 aromatic heterocycles. The Balaban J connectivity index is 0.000000298. The largest absolute Gasteiger partial charge is 0.0840 e. The first kappa shape index (κ1) is 37.6. The molecule has 4 aromatic carbocycles. The fraction of sp³-hybridized carbons (Fsp3) is 0.294. The summed E-state index contributed by atoms with van der Waals surface area (Å²) in [5.41, 5.74) is 22.6. The Morgan fingerprint density at radius 1 is 0.569 bits per heavy atom. The van der Waals surface area contributed by atoms with Gasteiger partial charge in [-0.2, -0.15) is 0 Å². The van der Waals surface area contributed by atoms with Crippen molar-refractivity contribution in [1.82, 2.24) is 0 Å². The van der Waals surface area contributed by atoms with Gasteiger partial charge in [-0.25, -0.2) is 0 Å². The fourth-order valence-electron chi connectivity index (χ4n) is 7.72. The van der Waals surface area contributed by atoms with Crippen molar-refractivity contribution in [3.05, 3.63) is 176 Å². The minimum absolute atomic E-state index is 1.01. The Bertz CT molecular complexity index is 2020. The highest BCUT2D eigenvalue weighted by molar-refractivity contribution is 5.95. The van der Waals surface area contributed by atoms with E-state index in [1.54, 1.807) is 5.57 Å². The average molecular weight is 671 g/mol. The number of allylic oxidation sites excluding steroid dienone is 10. The Hall–Kier alpha value is -4.68. The van der Waals surface area contributed by atoms with E-state index in [-0.39, 0.29) is 0 Å². The van der Waals surface area contributed by atoms with Crippen molar-refractivity contribution in [3.63, 3.8) is 0 Å². The highest BCUT2D eigenvalue weighted by Crippen LogP contribution is 2.45. The van der Waals surface area contributed by atoms with Crippen LogP contribution in [0.1, 0.15) is 116 Å². The highest BCUT2D eigenvalue weighted by atomic mass is 14.3. The van der Waals surface area contributed by atoms with Crippen molar-refractivity contribution in [2.24, 2.45) is 0 Å². The minimum atomic E-state index is 1.01. The SMILES string of the molecule is CC1=CCCC=C1.CCCC1=C(c2ccc3c(c2C)C=CCC=C3)C(C)=C(c2cc(C)c(-c3ccccc3C)cc2C)CC1.Cc1ccccc1. The van der Waals surface area contributed by atoms with Crippen LogP contribution in [0.2, 0.25) is 0 Å². The van der Waals surface area contributed by atoms with E-state index in [2.05, 4.69) is 159 Å². The van der Waals surface area contributed by atoms with Crippen molar-refractivity contribution in [2.45, 2.75) is 100 Å². The molecule has 0 bridgehead atoms. The monoisotopic (exact) mass is 670 g/mol. The summed E-state index contributed by atoms with van der Waals surface area (Å²) < 4.78 is 0. The van der Waals surface area contributed by atoms with Crippen molar-refractivity contribution in [2.75, 3.05) is 0 Å². The van der Waals surface area contributed by atoms with Gasteiger partial charge in [0, 0.05) is 0 Å². The summed E-state index contributed by atoms with van der Waals surface area (Å²) in [5.74, 6) is 0. The van der Waals surface area contributed by atoms with Crippen LogP contribution >= 0.6 is 0 Å². The Labute approximate surface area is 309 Å². The van der Waals surface area contributed by atoms with Crippen LogP contribution in [0, 0.1) is 34.6 Å². The zero-order valence-electron chi connectivity index (χ0n) is 32.5. The zero-order valence-corrected chi connectivity index (χ0v) is 32.5. The molecule has 4 aromatic rings. The van der Waals surface area contributed by atoms with Crippen LogP contribution in [0.5, 0.6) is 0 Å². The number of rotatable bonds is 5. The van der Waals surface area contributed by atoms with Gasteiger partial charge in [-0.1, -0.05) is 151 Å². The number of hydrogen-bond donors (Lipinski definition) is 0. The van der Waals surface area contributed by atoms with Gasteiger partial charge in [-0.3, -0.25) is 0 Å². The number of hydrogen-bond acceptors (Lipinski definition) is 0. The molecule has 3 aliphatic carbocycles. The van der Waals surface area contributed by atoms with Crippen molar-refractivity contribution < 1.29 is 0 Å². The number of benzene rings is 4. The standard InChI is InChI=1S/C37H40.C7H10.C7H8/c1-7-13-30-19-20-33(36-23-25(3)35(22-26(36)4)31-16-12-11-14-24(31)2)28(6)37(30)34-21-18-29-15-9-8-10-17-32(29)27(34)5;2*1-7-5-3-2-4-6-7/h9-12,14-18,21-23H,7-8,13,19-20H2,1-6H3;3,5-6H,2,4H2,1H3;2-6H,1H3. The van der Waals surface area contributed by atoms with Gasteiger partial charge < -0.3 is 0 Å². The van der Waals surface area contributed by atoms with Gasteiger partial charge in [0.2, 0.25) is 0 Å². The molecule has 7 rings (SSSR count). The summed E-state index contributed by atoms with van der Waals surface area (Å²) >= 11 is 0. The first-order valence-corrected chi connectivity index (χ1v) is 19.1. The van der Waals surface area contributed by atoms with Crippen LogP contribution < -0.4 is 0 Å². The van der Waals surface area contributed by atoms with Gasteiger partial charge in [0.05, 0.1) is 0 Å². The van der Waals surface area contributed by atoms with E-state index in [4.69, 9.17) is 0 Å². The Morgan fingerprint density at radius 2 is 1.27 bits per heavy atom. The molecule has 0 fully saturated rings. The number of aryl methyl sites for hydroxylation is 4. The molecule has 0 aliphatic heterocycles. The van der Waals surface area contributed by atoms with Crippen LogP contribution in [0.4, 0.5) is 0 Å². The lowest BCUT2D eigenvalue weighted by Crippen LogP contribution is -2.07. The van der Waals surface area contributed by atoms with Crippen molar-refractivity contribution in [1.29, 1.82) is 0 Å². The van der Waals surface area contributed by atoms with Crippen LogP contribution in [-0.2, 0) is 0 Å². The fourth-order valence-corrected chi connectivity index (χ4v) is 7.72. The Kier molecular flexibility index (Phi) is 13.3. The third kappa shape index (κ3) is 9.36. The van der Waals surface area contributed by atoms with Gasteiger partial charge in [0.15, 0.2) is 0 Å². The summed E-state index contributed by atoms with van der Waals surface area (Å²) in [7, 11) is 0. The molecule has 0 radical (unpaired) electrons. The molecular formula is C51H58. The molecule has 0 N–H and O–H groups in total. The van der Waals surface area contributed by atoms with E-state index in [9.17, 15) is 0 Å². The van der Waals surface area contributed by atoms with Gasteiger partial charge in [-0.05, 0) is 159 Å². The maximum absolute atomic E-state index is 2.45. The first-order valence-electron chi connectivity index (χ1n) is 19.1. The van der Waals surface area contributed by atoms with Crippen LogP contribution in [0.15, 0.2) is 126 Å². The lowest BCUT2D eigenvalue weighted by molar-refractivity contribution is 0.826. The third-order valence-corrected chi connectivity index (χ3v) is 10.5. The van der Waals surface area contributed by atoms with E-state index >= 15 is 0 Å². The van der Waals surface area contributed by atoms with Crippen LogP contribution in [0.3, 0.4) is 0 Å². The summed E-state index contributed by atoms with van der Waals surface area (Å²) in [6.07, 6.45) is 23.9. The quantitative estimate of drug-likeness (QED) is 0.198. The molecule has 3 aliphatic rings. The molecular weight excluding hydrogens is 613 g/mol. The summed E-state index contributed by atoms with van der Waals surface area (Å²) in [6, 6.07) is 28.6. The second-order valence-electron chi connectivity index (χ2n) is 14.5. The van der Waals surface area contributed by atoms with E-state index in [0.717, 1.165) is 19.3 Å². The third-order valence-electron chi connectivity index (χ3n) is 10.5. The molecule has 0 amide bonds. The predicted molar refractivity (Wildman–Crippen MR) is 227 cm³/mol. The maximum Gasteiger partial charge on any atom is -0.0146 e. The van der Waals surface area contributed by atoms with E-state index in [0.29, 0.717) is 0 Å². The van der Waals surface area contributed by atoms with Crippen LogP contribution in [0.25, 0.3) is 34.4 Å². The maximum atomic E-state index is 2.45. The molecule has 0 heterocycles. The topological polar surface area (TPSA) is 0 Å². The normalized spacial score (nSPS) is 14.9. The zero-order chi connectivity index (χ0) is 36.3. The van der Waals surface area contributed by atoms with E-state index in [1.807, 2.05) is 18.2 Å².